The van der Waals surface area contributed by atoms with Crippen LogP contribution in [0.5, 0.6) is 0 Å². The molecule has 4 rings (SSSR count). The lowest BCUT2D eigenvalue weighted by Crippen LogP contribution is -2.26. The number of furan rings is 1. The first-order valence-corrected chi connectivity index (χ1v) is 7.92. The second-order valence-electron chi connectivity index (χ2n) is 5.62. The van der Waals surface area contributed by atoms with Gasteiger partial charge in [0.05, 0.1) is 12.8 Å². The van der Waals surface area contributed by atoms with Crippen LogP contribution in [-0.4, -0.2) is 16.0 Å². The molecule has 0 radical (unpaired) electrons. The lowest BCUT2D eigenvalue weighted by Gasteiger charge is -2.23. The van der Waals surface area contributed by atoms with E-state index in [4.69, 9.17) is 9.40 Å². The number of hydrogen-bond donors (Lipinski definition) is 0. The lowest BCUT2D eigenvalue weighted by atomic mass is 10.3. The molecule has 0 aromatic carbocycles. The Balaban J connectivity index is 1.65. The monoisotopic (exact) mass is 333 g/mol. The normalized spacial score (nSPS) is 18.2. The molecule has 0 aliphatic heterocycles. The minimum atomic E-state index is 0.566. The Hall–Kier alpha value is -1.36. The van der Waals surface area contributed by atoms with Gasteiger partial charge in [-0.15, -0.1) is 0 Å². The SMILES string of the molecule is Brc1cc(N(Cc2ccco2)C2CC2)nc(C2CC2)n1. The molecule has 2 saturated carbocycles. The van der Waals surface area contributed by atoms with Gasteiger partial charge >= 0.3 is 0 Å². The second kappa shape index (κ2) is 4.88. The van der Waals surface area contributed by atoms with Gasteiger partial charge in [0.1, 0.15) is 22.0 Å². The summed E-state index contributed by atoms with van der Waals surface area (Å²) in [5, 5.41) is 0. The van der Waals surface area contributed by atoms with Crippen LogP contribution in [-0.2, 0) is 6.54 Å². The number of halogens is 1. The zero-order valence-corrected chi connectivity index (χ0v) is 12.7. The van der Waals surface area contributed by atoms with Crippen LogP contribution >= 0.6 is 15.9 Å². The number of aromatic nitrogens is 2. The van der Waals surface area contributed by atoms with E-state index in [2.05, 4.69) is 25.8 Å². The standard InChI is InChI=1S/C15H16BrN3O/c16-13-8-14(18-15(17-13)10-3-4-10)19(11-5-6-11)9-12-2-1-7-20-12/h1-2,7-8,10-11H,3-6,9H2. The fourth-order valence-electron chi connectivity index (χ4n) is 2.45. The third-order valence-electron chi connectivity index (χ3n) is 3.83. The summed E-state index contributed by atoms with van der Waals surface area (Å²) in [7, 11) is 0. The highest BCUT2D eigenvalue weighted by Gasteiger charge is 2.33. The Morgan fingerprint density at radius 1 is 1.25 bits per heavy atom. The van der Waals surface area contributed by atoms with E-state index < -0.39 is 0 Å². The smallest absolute Gasteiger partial charge is 0.135 e. The predicted octanol–water partition coefficient (Wildman–Crippen LogP) is 3.88. The lowest BCUT2D eigenvalue weighted by molar-refractivity contribution is 0.500. The van der Waals surface area contributed by atoms with E-state index in [1.807, 2.05) is 18.2 Å². The Labute approximate surface area is 126 Å². The van der Waals surface area contributed by atoms with E-state index >= 15 is 0 Å². The van der Waals surface area contributed by atoms with Crippen LogP contribution in [0.25, 0.3) is 0 Å². The van der Waals surface area contributed by atoms with Crippen LogP contribution in [0.2, 0.25) is 0 Å². The average Bonchev–Trinajstić information content (AvgIpc) is 3.35. The summed E-state index contributed by atoms with van der Waals surface area (Å²) < 4.78 is 6.37. The number of rotatable bonds is 5. The van der Waals surface area contributed by atoms with E-state index in [9.17, 15) is 0 Å². The number of nitrogens with zero attached hydrogens (tertiary/aromatic N) is 3. The van der Waals surface area contributed by atoms with Gasteiger partial charge < -0.3 is 9.32 Å². The maximum absolute atomic E-state index is 5.49. The van der Waals surface area contributed by atoms with Crippen LogP contribution in [0.15, 0.2) is 33.5 Å². The van der Waals surface area contributed by atoms with E-state index in [0.29, 0.717) is 12.0 Å². The van der Waals surface area contributed by atoms with Crippen molar-refractivity contribution in [3.05, 3.63) is 40.7 Å². The van der Waals surface area contributed by atoms with Gasteiger partial charge in [-0.2, -0.15) is 0 Å². The van der Waals surface area contributed by atoms with Crippen molar-refractivity contribution < 1.29 is 4.42 Å². The molecule has 2 aromatic heterocycles. The van der Waals surface area contributed by atoms with Crippen LogP contribution < -0.4 is 4.90 Å². The van der Waals surface area contributed by atoms with Gasteiger partial charge in [0.2, 0.25) is 0 Å². The van der Waals surface area contributed by atoms with Crippen molar-refractivity contribution in [3.63, 3.8) is 0 Å². The summed E-state index contributed by atoms with van der Waals surface area (Å²) in [6.07, 6.45) is 6.64. The molecule has 2 aliphatic carbocycles. The fraction of sp³-hybridized carbons (Fsp3) is 0.467. The zero-order valence-electron chi connectivity index (χ0n) is 11.1. The minimum Gasteiger partial charge on any atom is -0.467 e. The molecule has 0 bridgehead atoms. The highest BCUT2D eigenvalue weighted by Crippen LogP contribution is 2.40. The van der Waals surface area contributed by atoms with Crippen molar-refractivity contribution in [1.82, 2.24) is 9.97 Å². The van der Waals surface area contributed by atoms with Crippen molar-refractivity contribution in [2.24, 2.45) is 0 Å². The van der Waals surface area contributed by atoms with Crippen LogP contribution in [0.4, 0.5) is 5.82 Å². The van der Waals surface area contributed by atoms with Crippen LogP contribution in [0.1, 0.15) is 43.2 Å². The molecule has 2 aliphatic rings. The molecule has 4 nitrogen and oxygen atoms in total. The maximum atomic E-state index is 5.49. The summed E-state index contributed by atoms with van der Waals surface area (Å²) >= 11 is 3.52. The zero-order chi connectivity index (χ0) is 13.5. The van der Waals surface area contributed by atoms with E-state index in [1.165, 1.54) is 25.7 Å². The average molecular weight is 334 g/mol. The molecule has 0 N–H and O–H groups in total. The molecule has 104 valence electrons. The van der Waals surface area contributed by atoms with E-state index in [0.717, 1.165) is 28.6 Å². The third-order valence-corrected chi connectivity index (χ3v) is 4.24. The third kappa shape index (κ3) is 2.59. The molecule has 2 fully saturated rings. The van der Waals surface area contributed by atoms with Crippen LogP contribution in [0.3, 0.4) is 0 Å². The molecule has 5 heteroatoms. The topological polar surface area (TPSA) is 42.2 Å². The van der Waals surface area contributed by atoms with E-state index in [-0.39, 0.29) is 0 Å². The summed E-state index contributed by atoms with van der Waals surface area (Å²) in [5.74, 6) is 3.56. The highest BCUT2D eigenvalue weighted by molar-refractivity contribution is 9.10. The second-order valence-corrected chi connectivity index (χ2v) is 6.43. The van der Waals surface area contributed by atoms with Gasteiger partial charge in [0, 0.05) is 18.0 Å². The first-order valence-electron chi connectivity index (χ1n) is 7.13. The molecular formula is C15H16BrN3O. The Bertz CT molecular complexity index is 606. The summed E-state index contributed by atoms with van der Waals surface area (Å²) in [6, 6.07) is 6.57. The molecule has 20 heavy (non-hydrogen) atoms. The van der Waals surface area contributed by atoms with Gasteiger partial charge in [0.15, 0.2) is 0 Å². The molecule has 0 spiro atoms. The highest BCUT2D eigenvalue weighted by atomic mass is 79.9. The van der Waals surface area contributed by atoms with Crippen molar-refractivity contribution in [1.29, 1.82) is 0 Å². The first kappa shape index (κ1) is 12.4. The van der Waals surface area contributed by atoms with Gasteiger partial charge in [-0.1, -0.05) is 0 Å². The minimum absolute atomic E-state index is 0.566. The quantitative estimate of drug-likeness (QED) is 0.778. The van der Waals surface area contributed by atoms with Gasteiger partial charge in [-0.3, -0.25) is 0 Å². The number of hydrogen-bond acceptors (Lipinski definition) is 4. The molecular weight excluding hydrogens is 318 g/mol. The largest absolute Gasteiger partial charge is 0.467 e. The van der Waals surface area contributed by atoms with Crippen molar-refractivity contribution in [2.75, 3.05) is 4.90 Å². The van der Waals surface area contributed by atoms with Crippen molar-refractivity contribution >= 4 is 21.7 Å². The molecule has 2 aromatic rings. The van der Waals surface area contributed by atoms with Gasteiger partial charge in [-0.25, -0.2) is 9.97 Å². The summed E-state index contributed by atoms with van der Waals surface area (Å²) in [4.78, 5) is 11.6. The maximum Gasteiger partial charge on any atom is 0.135 e. The molecule has 0 saturated heterocycles. The Kier molecular flexibility index (Phi) is 3.02. The molecule has 2 heterocycles. The van der Waals surface area contributed by atoms with Crippen molar-refractivity contribution in [3.8, 4) is 0 Å². The van der Waals surface area contributed by atoms with Gasteiger partial charge in [0.25, 0.3) is 0 Å². The molecule has 0 atom stereocenters. The Morgan fingerprint density at radius 2 is 2.10 bits per heavy atom. The predicted molar refractivity (Wildman–Crippen MR) is 79.6 cm³/mol. The van der Waals surface area contributed by atoms with Crippen molar-refractivity contribution in [2.45, 2.75) is 44.2 Å². The summed E-state index contributed by atoms with van der Waals surface area (Å²) in [5.41, 5.74) is 0. The first-order chi connectivity index (χ1) is 9.79. The van der Waals surface area contributed by atoms with Gasteiger partial charge in [-0.05, 0) is 53.7 Å². The molecule has 0 amide bonds. The number of anilines is 1. The summed E-state index contributed by atoms with van der Waals surface area (Å²) in [6.45, 7) is 0.783. The Morgan fingerprint density at radius 3 is 2.75 bits per heavy atom. The fourth-order valence-corrected chi connectivity index (χ4v) is 2.83. The van der Waals surface area contributed by atoms with Crippen LogP contribution in [0, 0.1) is 0 Å². The molecule has 0 unspecified atom stereocenters. The van der Waals surface area contributed by atoms with E-state index in [1.54, 1.807) is 6.26 Å².